The molecule has 0 spiro atoms. The van der Waals surface area contributed by atoms with Crippen LogP contribution in [0.15, 0.2) is 12.1 Å². The van der Waals surface area contributed by atoms with Gasteiger partial charge in [-0.15, -0.1) is 0 Å². The summed E-state index contributed by atoms with van der Waals surface area (Å²) >= 11 is 0. The molecule has 1 rings (SSSR count). The van der Waals surface area contributed by atoms with Crippen molar-refractivity contribution in [1.29, 1.82) is 0 Å². The van der Waals surface area contributed by atoms with Gasteiger partial charge in [0.1, 0.15) is 12.1 Å². The fourth-order valence-corrected chi connectivity index (χ4v) is 1.07. The van der Waals surface area contributed by atoms with E-state index in [-0.39, 0.29) is 0 Å². The number of nitro groups is 1. The molecule has 104 valence electrons. The summed E-state index contributed by atoms with van der Waals surface area (Å²) in [5, 5.41) is 10.4. The first-order chi connectivity index (χ1) is 8.65. The average Bonchev–Trinajstić information content (AvgIpc) is 2.29. The third kappa shape index (κ3) is 3.35. The molecule has 0 fully saturated rings. The summed E-state index contributed by atoms with van der Waals surface area (Å²) < 4.78 is 31.5. The highest BCUT2D eigenvalue weighted by Gasteiger charge is 2.28. The van der Waals surface area contributed by atoms with Crippen LogP contribution in [-0.2, 0) is 4.79 Å². The van der Waals surface area contributed by atoms with E-state index in [1.165, 1.54) is 6.92 Å². The molecule has 0 radical (unpaired) electrons. The van der Waals surface area contributed by atoms with Crippen LogP contribution >= 0.6 is 0 Å². The summed E-state index contributed by atoms with van der Waals surface area (Å²) in [7, 11) is 0. The number of ether oxygens (including phenoxy) is 1. The number of halogens is 2. The second-order valence-corrected chi connectivity index (χ2v) is 4.06. The van der Waals surface area contributed by atoms with Crippen molar-refractivity contribution >= 4 is 11.6 Å². The molecule has 1 atom stereocenters. The van der Waals surface area contributed by atoms with Crippen molar-refractivity contribution in [2.75, 3.05) is 6.61 Å². The van der Waals surface area contributed by atoms with Crippen molar-refractivity contribution in [3.8, 4) is 5.75 Å². The number of primary amides is 1. The van der Waals surface area contributed by atoms with Gasteiger partial charge in [0.15, 0.2) is 11.6 Å². The first-order valence-electron chi connectivity index (χ1n) is 5.00. The highest BCUT2D eigenvalue weighted by molar-refractivity contribution is 5.84. The first-order valence-corrected chi connectivity index (χ1v) is 5.00. The van der Waals surface area contributed by atoms with E-state index in [9.17, 15) is 23.7 Å². The molecule has 0 aliphatic heterocycles. The number of hydrogen-bond acceptors (Lipinski definition) is 5. The van der Waals surface area contributed by atoms with Crippen molar-refractivity contribution in [3.63, 3.8) is 0 Å². The van der Waals surface area contributed by atoms with Crippen LogP contribution in [0.4, 0.5) is 14.5 Å². The van der Waals surface area contributed by atoms with Gasteiger partial charge in [-0.3, -0.25) is 14.9 Å². The van der Waals surface area contributed by atoms with Gasteiger partial charge in [-0.05, 0) is 6.92 Å². The van der Waals surface area contributed by atoms with Crippen molar-refractivity contribution < 1.29 is 23.2 Å². The zero-order valence-corrected chi connectivity index (χ0v) is 9.85. The molecular formula is C10H11F2N3O4. The van der Waals surface area contributed by atoms with Gasteiger partial charge in [0.2, 0.25) is 11.7 Å². The largest absolute Gasteiger partial charge is 0.488 e. The highest BCUT2D eigenvalue weighted by atomic mass is 19.1. The van der Waals surface area contributed by atoms with Crippen molar-refractivity contribution in [1.82, 2.24) is 0 Å². The Balaban J connectivity index is 2.95. The standard InChI is InChI=1S/C10H11F2N3O4/c1-10(14,9(13)16)4-19-8-3-5(11)7(15(17)18)2-6(8)12/h2-3H,4,14H2,1H3,(H2,13,16). The van der Waals surface area contributed by atoms with Gasteiger partial charge < -0.3 is 16.2 Å². The van der Waals surface area contributed by atoms with Gasteiger partial charge in [0.25, 0.3) is 0 Å². The number of benzene rings is 1. The normalized spacial score (nSPS) is 13.7. The fourth-order valence-electron chi connectivity index (χ4n) is 1.07. The molecule has 0 saturated heterocycles. The molecule has 0 saturated carbocycles. The molecule has 0 aliphatic rings. The summed E-state index contributed by atoms with van der Waals surface area (Å²) in [4.78, 5) is 20.2. The number of nitro benzene ring substituents is 1. The van der Waals surface area contributed by atoms with Crippen molar-refractivity contribution in [3.05, 3.63) is 33.9 Å². The molecule has 19 heavy (non-hydrogen) atoms. The molecule has 1 aromatic rings. The predicted octanol–water partition coefficient (Wildman–Crippen LogP) is 0.454. The first kappa shape index (κ1) is 14.8. The summed E-state index contributed by atoms with van der Waals surface area (Å²) in [6, 6.07) is 0.882. The lowest BCUT2D eigenvalue weighted by Gasteiger charge is -2.20. The van der Waals surface area contributed by atoms with E-state index in [2.05, 4.69) is 0 Å². The van der Waals surface area contributed by atoms with E-state index >= 15 is 0 Å². The van der Waals surface area contributed by atoms with Crippen LogP contribution in [0.1, 0.15) is 6.92 Å². The fraction of sp³-hybridized carbons (Fsp3) is 0.300. The maximum absolute atomic E-state index is 13.4. The topological polar surface area (TPSA) is 121 Å². The van der Waals surface area contributed by atoms with Gasteiger partial charge in [-0.25, -0.2) is 4.39 Å². The van der Waals surface area contributed by atoms with Crippen LogP contribution in [0.3, 0.4) is 0 Å². The van der Waals surface area contributed by atoms with E-state index in [4.69, 9.17) is 16.2 Å². The number of nitrogens with two attached hydrogens (primary N) is 2. The molecule has 1 amide bonds. The Hall–Kier alpha value is -2.29. The third-order valence-corrected chi connectivity index (χ3v) is 2.29. The predicted molar refractivity (Wildman–Crippen MR) is 60.3 cm³/mol. The van der Waals surface area contributed by atoms with Crippen LogP contribution in [0.25, 0.3) is 0 Å². The second-order valence-electron chi connectivity index (χ2n) is 4.06. The Morgan fingerprint density at radius 3 is 2.53 bits per heavy atom. The molecule has 9 heteroatoms. The zero-order valence-electron chi connectivity index (χ0n) is 9.85. The molecule has 1 unspecified atom stereocenters. The summed E-state index contributed by atoms with van der Waals surface area (Å²) in [6.07, 6.45) is 0. The lowest BCUT2D eigenvalue weighted by molar-refractivity contribution is -0.387. The maximum atomic E-state index is 13.4. The number of nitrogens with zero attached hydrogens (tertiary/aromatic N) is 1. The van der Waals surface area contributed by atoms with Gasteiger partial charge in [0, 0.05) is 6.07 Å². The van der Waals surface area contributed by atoms with Crippen LogP contribution in [0.5, 0.6) is 5.75 Å². The minimum atomic E-state index is -1.58. The SMILES string of the molecule is CC(N)(COc1cc(F)c([N+](=O)[O-])cc1F)C(N)=O. The van der Waals surface area contributed by atoms with Crippen LogP contribution < -0.4 is 16.2 Å². The summed E-state index contributed by atoms with van der Waals surface area (Å²) in [6.45, 7) is 0.742. The third-order valence-electron chi connectivity index (χ3n) is 2.29. The minimum absolute atomic E-state index is 0.378. The van der Waals surface area contributed by atoms with Crippen molar-refractivity contribution in [2.24, 2.45) is 11.5 Å². The molecule has 7 nitrogen and oxygen atoms in total. The van der Waals surface area contributed by atoms with E-state index in [1.54, 1.807) is 0 Å². The van der Waals surface area contributed by atoms with E-state index in [0.717, 1.165) is 0 Å². The molecule has 0 heterocycles. The van der Waals surface area contributed by atoms with Crippen LogP contribution in [-0.4, -0.2) is 23.0 Å². The number of rotatable bonds is 5. The Kier molecular flexibility index (Phi) is 4.00. The van der Waals surface area contributed by atoms with Crippen LogP contribution in [0, 0.1) is 21.7 Å². The van der Waals surface area contributed by atoms with Gasteiger partial charge in [-0.2, -0.15) is 4.39 Å². The van der Waals surface area contributed by atoms with E-state index in [0.29, 0.717) is 12.1 Å². The number of carbonyl (C=O) groups excluding carboxylic acids is 1. The number of carbonyl (C=O) groups is 1. The molecule has 0 aromatic heterocycles. The lowest BCUT2D eigenvalue weighted by atomic mass is 10.1. The lowest BCUT2D eigenvalue weighted by Crippen LogP contribution is -2.53. The Bertz CT molecular complexity index is 534. The molecule has 0 aliphatic carbocycles. The van der Waals surface area contributed by atoms with E-state index in [1.807, 2.05) is 0 Å². The van der Waals surface area contributed by atoms with Crippen LogP contribution in [0.2, 0.25) is 0 Å². The quantitative estimate of drug-likeness (QED) is 0.597. The van der Waals surface area contributed by atoms with Gasteiger partial charge in [0.05, 0.1) is 11.0 Å². The zero-order chi connectivity index (χ0) is 14.8. The number of amides is 1. The smallest absolute Gasteiger partial charge is 0.307 e. The average molecular weight is 275 g/mol. The molecular weight excluding hydrogens is 264 g/mol. The monoisotopic (exact) mass is 275 g/mol. The second kappa shape index (κ2) is 5.14. The van der Waals surface area contributed by atoms with Crippen molar-refractivity contribution in [2.45, 2.75) is 12.5 Å². The molecule has 1 aromatic carbocycles. The van der Waals surface area contributed by atoms with E-state index < -0.39 is 46.0 Å². The Morgan fingerprint density at radius 1 is 1.47 bits per heavy atom. The molecule has 4 N–H and O–H groups in total. The number of hydrogen-bond donors (Lipinski definition) is 2. The van der Waals surface area contributed by atoms with Gasteiger partial charge in [-0.1, -0.05) is 0 Å². The Labute approximate surface area is 106 Å². The Morgan fingerprint density at radius 2 is 2.05 bits per heavy atom. The van der Waals surface area contributed by atoms with Gasteiger partial charge >= 0.3 is 5.69 Å². The highest BCUT2D eigenvalue weighted by Crippen LogP contribution is 2.26. The molecule has 0 bridgehead atoms. The summed E-state index contributed by atoms with van der Waals surface area (Å²) in [5.41, 5.74) is 7.82. The summed E-state index contributed by atoms with van der Waals surface area (Å²) in [5.74, 6) is -3.90. The minimum Gasteiger partial charge on any atom is -0.488 e. The maximum Gasteiger partial charge on any atom is 0.307 e.